The lowest BCUT2D eigenvalue weighted by atomic mass is 9.82. The summed E-state index contributed by atoms with van der Waals surface area (Å²) in [5, 5.41) is 2.78. The molecule has 0 heterocycles. The van der Waals surface area contributed by atoms with Gasteiger partial charge in [0.1, 0.15) is 5.75 Å². The summed E-state index contributed by atoms with van der Waals surface area (Å²) in [7, 11) is 0. The molecule has 4 nitrogen and oxygen atoms in total. The summed E-state index contributed by atoms with van der Waals surface area (Å²) in [5.41, 5.74) is 6.17. The Hall–Kier alpha value is -1.69. The van der Waals surface area contributed by atoms with Gasteiger partial charge in [-0.1, -0.05) is 25.3 Å². The molecule has 0 radical (unpaired) electrons. The molecule has 0 bridgehead atoms. The van der Waals surface area contributed by atoms with Gasteiger partial charge in [0.2, 0.25) is 0 Å². The number of amides is 1. The zero-order valence-corrected chi connectivity index (χ0v) is 11.8. The predicted molar refractivity (Wildman–Crippen MR) is 75.4 cm³/mol. The maximum Gasteiger partial charge on any atom is 0.387 e. The van der Waals surface area contributed by atoms with E-state index in [0.29, 0.717) is 6.54 Å². The fourth-order valence-corrected chi connectivity index (χ4v) is 2.60. The summed E-state index contributed by atoms with van der Waals surface area (Å²) in [4.78, 5) is 12.1. The van der Waals surface area contributed by atoms with Gasteiger partial charge in [-0.05, 0) is 31.0 Å². The number of carbonyl (C=O) groups excluding carboxylic acids is 1. The molecule has 1 aliphatic rings. The number of benzene rings is 1. The van der Waals surface area contributed by atoms with E-state index in [1.54, 1.807) is 6.07 Å². The highest BCUT2D eigenvalue weighted by atomic mass is 19.3. The molecule has 1 aromatic rings. The van der Waals surface area contributed by atoms with E-state index in [2.05, 4.69) is 10.1 Å². The fraction of sp³-hybridized carbons (Fsp3) is 0.533. The summed E-state index contributed by atoms with van der Waals surface area (Å²) in [5.74, 6) is -0.358. The van der Waals surface area contributed by atoms with E-state index in [9.17, 15) is 13.6 Å². The van der Waals surface area contributed by atoms with Gasteiger partial charge >= 0.3 is 6.61 Å². The van der Waals surface area contributed by atoms with Gasteiger partial charge in [0.15, 0.2) is 0 Å². The Morgan fingerprint density at radius 1 is 1.33 bits per heavy atom. The average molecular weight is 298 g/mol. The number of hydrogen-bond acceptors (Lipinski definition) is 3. The van der Waals surface area contributed by atoms with Gasteiger partial charge in [0, 0.05) is 17.6 Å². The van der Waals surface area contributed by atoms with Crippen LogP contribution >= 0.6 is 0 Å². The van der Waals surface area contributed by atoms with Crippen LogP contribution in [0.1, 0.15) is 42.5 Å². The summed E-state index contributed by atoms with van der Waals surface area (Å²) in [6.07, 6.45) is 5.11. The molecule has 0 unspecified atom stereocenters. The normalized spacial score (nSPS) is 17.5. The molecule has 2 rings (SSSR count). The van der Waals surface area contributed by atoms with Crippen molar-refractivity contribution in [1.82, 2.24) is 5.32 Å². The van der Waals surface area contributed by atoms with Crippen molar-refractivity contribution in [3.05, 3.63) is 29.8 Å². The number of ether oxygens (including phenoxy) is 1. The van der Waals surface area contributed by atoms with Crippen molar-refractivity contribution in [3.63, 3.8) is 0 Å². The molecule has 0 saturated heterocycles. The van der Waals surface area contributed by atoms with Crippen LogP contribution in [-0.2, 0) is 0 Å². The smallest absolute Gasteiger partial charge is 0.387 e. The van der Waals surface area contributed by atoms with Crippen LogP contribution in [0.2, 0.25) is 0 Å². The van der Waals surface area contributed by atoms with Gasteiger partial charge in [-0.15, -0.1) is 0 Å². The molecular weight excluding hydrogens is 278 g/mol. The topological polar surface area (TPSA) is 64.3 Å². The van der Waals surface area contributed by atoms with Gasteiger partial charge in [0.05, 0.1) is 0 Å². The number of alkyl halides is 2. The predicted octanol–water partition coefficient (Wildman–Crippen LogP) is 2.68. The van der Waals surface area contributed by atoms with E-state index >= 15 is 0 Å². The second-order valence-electron chi connectivity index (χ2n) is 5.51. The zero-order valence-electron chi connectivity index (χ0n) is 11.8. The molecule has 3 N–H and O–H groups in total. The number of rotatable bonds is 5. The lowest BCUT2D eigenvalue weighted by Gasteiger charge is -2.33. The largest absolute Gasteiger partial charge is 0.435 e. The van der Waals surface area contributed by atoms with Gasteiger partial charge in [-0.2, -0.15) is 8.78 Å². The Morgan fingerprint density at radius 3 is 2.71 bits per heavy atom. The first-order valence-electron chi connectivity index (χ1n) is 7.10. The Bertz CT molecular complexity index is 488. The first-order valence-corrected chi connectivity index (χ1v) is 7.10. The number of nitrogens with two attached hydrogens (primary N) is 1. The molecule has 21 heavy (non-hydrogen) atoms. The quantitative estimate of drug-likeness (QED) is 0.878. The van der Waals surface area contributed by atoms with Crippen molar-refractivity contribution >= 4 is 5.91 Å². The third-order valence-corrected chi connectivity index (χ3v) is 3.77. The third kappa shape index (κ3) is 4.67. The van der Waals surface area contributed by atoms with Crippen molar-refractivity contribution in [3.8, 4) is 5.75 Å². The monoisotopic (exact) mass is 298 g/mol. The lowest BCUT2D eigenvalue weighted by Crippen LogP contribution is -2.51. The van der Waals surface area contributed by atoms with Crippen molar-refractivity contribution in [1.29, 1.82) is 0 Å². The maximum atomic E-state index is 12.2. The van der Waals surface area contributed by atoms with Crippen LogP contribution in [0, 0.1) is 0 Å². The number of nitrogens with one attached hydrogen (secondary N) is 1. The van der Waals surface area contributed by atoms with Crippen LogP contribution in [0.15, 0.2) is 24.3 Å². The Kier molecular flexibility index (Phi) is 5.12. The minimum Gasteiger partial charge on any atom is -0.435 e. The summed E-state index contributed by atoms with van der Waals surface area (Å²) >= 11 is 0. The molecule has 0 atom stereocenters. The van der Waals surface area contributed by atoms with Crippen molar-refractivity contribution < 1.29 is 18.3 Å². The van der Waals surface area contributed by atoms with Crippen molar-refractivity contribution in [2.45, 2.75) is 44.3 Å². The van der Waals surface area contributed by atoms with Crippen molar-refractivity contribution in [2.24, 2.45) is 5.73 Å². The molecule has 1 saturated carbocycles. The highest BCUT2D eigenvalue weighted by molar-refractivity contribution is 5.94. The Labute approximate surface area is 122 Å². The first-order chi connectivity index (χ1) is 9.98. The first kappa shape index (κ1) is 15.7. The molecule has 116 valence electrons. The molecule has 1 amide bonds. The van der Waals surface area contributed by atoms with Crippen LogP contribution in [0.3, 0.4) is 0 Å². The van der Waals surface area contributed by atoms with Gasteiger partial charge in [-0.25, -0.2) is 0 Å². The Morgan fingerprint density at radius 2 is 2.05 bits per heavy atom. The molecule has 0 aromatic heterocycles. The van der Waals surface area contributed by atoms with E-state index in [0.717, 1.165) is 25.7 Å². The SMILES string of the molecule is NC1(CNC(=O)c2cccc(OC(F)F)c2)CCCCC1. The average Bonchev–Trinajstić information content (AvgIpc) is 2.45. The van der Waals surface area contributed by atoms with Gasteiger partial charge < -0.3 is 15.8 Å². The van der Waals surface area contributed by atoms with Crippen LogP contribution in [0.25, 0.3) is 0 Å². The number of hydrogen-bond donors (Lipinski definition) is 2. The van der Waals surface area contributed by atoms with Crippen LogP contribution < -0.4 is 15.8 Å². The fourth-order valence-electron chi connectivity index (χ4n) is 2.60. The third-order valence-electron chi connectivity index (χ3n) is 3.77. The molecule has 6 heteroatoms. The standard InChI is InChI=1S/C15H20F2N2O2/c16-14(17)21-12-6-4-5-11(9-12)13(20)19-10-15(18)7-2-1-3-8-15/h4-6,9,14H,1-3,7-8,10,18H2,(H,19,20). The molecule has 1 aromatic carbocycles. The number of halogens is 2. The highest BCUT2D eigenvalue weighted by Gasteiger charge is 2.27. The van der Waals surface area contributed by atoms with E-state index in [1.165, 1.54) is 24.6 Å². The van der Waals surface area contributed by atoms with Crippen molar-refractivity contribution in [2.75, 3.05) is 6.54 Å². The Balaban J connectivity index is 1.93. The van der Waals surface area contributed by atoms with Crippen LogP contribution in [0.5, 0.6) is 5.75 Å². The van der Waals surface area contributed by atoms with E-state index in [4.69, 9.17) is 5.73 Å². The van der Waals surface area contributed by atoms with Crippen LogP contribution in [-0.4, -0.2) is 24.6 Å². The molecule has 1 fully saturated rings. The van der Waals surface area contributed by atoms with E-state index < -0.39 is 6.61 Å². The molecule has 0 aliphatic heterocycles. The zero-order chi connectivity index (χ0) is 15.3. The minimum absolute atomic E-state index is 0.0298. The van der Waals surface area contributed by atoms with Crippen LogP contribution in [0.4, 0.5) is 8.78 Å². The van der Waals surface area contributed by atoms with E-state index in [1.807, 2.05) is 0 Å². The summed E-state index contributed by atoms with van der Waals surface area (Å²) in [6.45, 7) is -2.51. The van der Waals surface area contributed by atoms with Gasteiger partial charge in [0.25, 0.3) is 5.91 Å². The number of carbonyl (C=O) groups is 1. The lowest BCUT2D eigenvalue weighted by molar-refractivity contribution is -0.0498. The summed E-state index contributed by atoms with van der Waals surface area (Å²) < 4.78 is 28.6. The van der Waals surface area contributed by atoms with E-state index in [-0.39, 0.29) is 22.8 Å². The second-order valence-corrected chi connectivity index (χ2v) is 5.51. The maximum absolute atomic E-state index is 12.2. The second kappa shape index (κ2) is 6.85. The molecule has 1 aliphatic carbocycles. The van der Waals surface area contributed by atoms with Gasteiger partial charge in [-0.3, -0.25) is 4.79 Å². The minimum atomic E-state index is -2.90. The summed E-state index contributed by atoms with van der Waals surface area (Å²) in [6, 6.07) is 5.74. The molecule has 0 spiro atoms. The highest BCUT2D eigenvalue weighted by Crippen LogP contribution is 2.25. The molecular formula is C15H20F2N2O2.